The van der Waals surface area contributed by atoms with E-state index in [0.29, 0.717) is 39.0 Å². The number of anilines is 1. The zero-order valence-electron chi connectivity index (χ0n) is 18.0. The van der Waals surface area contributed by atoms with Crippen molar-refractivity contribution in [3.8, 4) is 5.69 Å². The molecule has 0 aliphatic heterocycles. The molecule has 0 radical (unpaired) electrons. The minimum absolute atomic E-state index is 0.0239. The third-order valence-electron chi connectivity index (χ3n) is 5.84. The van der Waals surface area contributed by atoms with Crippen LogP contribution in [0, 0.1) is 25.5 Å². The molecule has 1 aliphatic rings. The highest BCUT2D eigenvalue weighted by atomic mass is 19.1. The number of benzene rings is 2. The summed E-state index contributed by atoms with van der Waals surface area (Å²) < 4.78 is 29.2. The predicted octanol–water partition coefficient (Wildman–Crippen LogP) is 3.44. The lowest BCUT2D eigenvalue weighted by molar-refractivity contribution is 0.0696. The van der Waals surface area contributed by atoms with Crippen LogP contribution in [0.5, 0.6) is 0 Å². The molecule has 1 saturated carbocycles. The maximum atomic E-state index is 14.2. The Balaban J connectivity index is 1.84. The number of nitrogens with zero attached hydrogens (tertiary/aromatic N) is 5. The molecule has 3 aromatic rings. The van der Waals surface area contributed by atoms with Gasteiger partial charge in [-0.2, -0.15) is 4.68 Å². The van der Waals surface area contributed by atoms with Crippen molar-refractivity contribution in [2.24, 2.45) is 0 Å². The minimum atomic E-state index is -1.15. The van der Waals surface area contributed by atoms with Crippen LogP contribution in [0.15, 0.2) is 35.1 Å². The van der Waals surface area contributed by atoms with Gasteiger partial charge >= 0.3 is 17.7 Å². The Morgan fingerprint density at radius 1 is 1.06 bits per heavy atom. The first-order valence-electron chi connectivity index (χ1n) is 10.4. The van der Waals surface area contributed by atoms with E-state index in [1.54, 1.807) is 19.9 Å². The second kappa shape index (κ2) is 8.57. The number of hydrogen-bond donors (Lipinski definition) is 1. The molecule has 172 valence electrons. The molecule has 1 amide bonds. The lowest BCUT2D eigenvalue weighted by Gasteiger charge is -2.30. The van der Waals surface area contributed by atoms with Gasteiger partial charge in [0.25, 0.3) is 0 Å². The minimum Gasteiger partial charge on any atom is -0.478 e. The van der Waals surface area contributed by atoms with Gasteiger partial charge < -0.3 is 5.11 Å². The van der Waals surface area contributed by atoms with Crippen LogP contribution in [-0.4, -0.2) is 42.9 Å². The summed E-state index contributed by atoms with van der Waals surface area (Å²) in [6.45, 7) is 3.39. The smallest absolute Gasteiger partial charge is 0.377 e. The zero-order valence-corrected chi connectivity index (χ0v) is 18.0. The number of rotatable bonds is 4. The van der Waals surface area contributed by atoms with Crippen LogP contribution in [0.3, 0.4) is 0 Å². The molecular formula is C22H21F2N5O4. The number of aryl methyl sites for hydroxylation is 2. The van der Waals surface area contributed by atoms with Gasteiger partial charge in [0.1, 0.15) is 5.69 Å². The van der Waals surface area contributed by atoms with Crippen molar-refractivity contribution in [2.45, 2.75) is 45.6 Å². The predicted molar refractivity (Wildman–Crippen MR) is 114 cm³/mol. The van der Waals surface area contributed by atoms with Gasteiger partial charge in [0, 0.05) is 11.7 Å². The topological polar surface area (TPSA) is 110 Å². The van der Waals surface area contributed by atoms with Crippen LogP contribution < -0.4 is 10.6 Å². The summed E-state index contributed by atoms with van der Waals surface area (Å²) in [4.78, 5) is 39.5. The molecular weight excluding hydrogens is 436 g/mol. The molecule has 2 aromatic carbocycles. The van der Waals surface area contributed by atoms with Crippen LogP contribution in [0.25, 0.3) is 5.69 Å². The number of tetrazole rings is 1. The Hall–Kier alpha value is -3.89. The Morgan fingerprint density at radius 3 is 2.30 bits per heavy atom. The SMILES string of the molecule is Cc1cc(C)c(N(C(=O)n2nnn(-c3c(F)cccc3F)c2=O)C2CCCC2)cc1C(=O)O. The van der Waals surface area contributed by atoms with E-state index in [9.17, 15) is 28.3 Å². The van der Waals surface area contributed by atoms with Crippen LogP contribution >= 0.6 is 0 Å². The van der Waals surface area contributed by atoms with Gasteiger partial charge in [-0.15, -0.1) is 4.68 Å². The van der Waals surface area contributed by atoms with E-state index < -0.39 is 35.0 Å². The quantitative estimate of drug-likeness (QED) is 0.601. The van der Waals surface area contributed by atoms with Gasteiger partial charge in [0.2, 0.25) is 0 Å². The Bertz CT molecular complexity index is 1290. The number of hydrogen-bond acceptors (Lipinski definition) is 5. The third-order valence-corrected chi connectivity index (χ3v) is 5.84. The first-order chi connectivity index (χ1) is 15.7. The summed E-state index contributed by atoms with van der Waals surface area (Å²) in [5, 5.41) is 16.6. The van der Waals surface area contributed by atoms with Crippen molar-refractivity contribution in [1.82, 2.24) is 19.8 Å². The lowest BCUT2D eigenvalue weighted by Crippen LogP contribution is -2.46. The fraction of sp³-hybridized carbons (Fsp3) is 0.318. The van der Waals surface area contributed by atoms with Crippen molar-refractivity contribution in [3.05, 3.63) is 69.1 Å². The van der Waals surface area contributed by atoms with E-state index in [1.165, 1.54) is 11.0 Å². The molecule has 9 nitrogen and oxygen atoms in total. The highest BCUT2D eigenvalue weighted by molar-refractivity contribution is 5.97. The highest BCUT2D eigenvalue weighted by Gasteiger charge is 2.33. The Kier molecular flexibility index (Phi) is 5.79. The average molecular weight is 457 g/mol. The molecule has 0 spiro atoms. The van der Waals surface area contributed by atoms with Gasteiger partial charge in [-0.3, -0.25) is 4.90 Å². The molecule has 1 aromatic heterocycles. The second-order valence-electron chi connectivity index (χ2n) is 8.00. The van der Waals surface area contributed by atoms with Gasteiger partial charge in [-0.25, -0.2) is 23.2 Å². The summed E-state index contributed by atoms with van der Waals surface area (Å²) in [7, 11) is 0. The Labute approximate surface area is 186 Å². The number of aromatic carboxylic acids is 1. The fourth-order valence-electron chi connectivity index (χ4n) is 4.25. The van der Waals surface area contributed by atoms with Gasteiger partial charge in [0.05, 0.1) is 5.56 Å². The molecule has 0 saturated heterocycles. The number of carboxylic acids is 1. The molecule has 1 N–H and O–H groups in total. The second-order valence-corrected chi connectivity index (χ2v) is 8.00. The highest BCUT2D eigenvalue weighted by Crippen LogP contribution is 2.32. The number of carboxylic acid groups (broad SMARTS) is 1. The Morgan fingerprint density at radius 2 is 1.70 bits per heavy atom. The van der Waals surface area contributed by atoms with Crippen molar-refractivity contribution in [1.29, 1.82) is 0 Å². The molecule has 1 heterocycles. The standard InChI is InChI=1S/C22H21F2N5O4/c1-12-10-13(2)18(11-15(12)20(30)31)27(14-6-3-4-7-14)21(32)29-22(33)28(25-26-29)19-16(23)8-5-9-17(19)24/h5,8-11,14H,3-4,6-7H2,1-2H3,(H,30,31). The third kappa shape index (κ3) is 3.90. The monoisotopic (exact) mass is 457 g/mol. The summed E-state index contributed by atoms with van der Waals surface area (Å²) in [5.41, 5.74) is -0.368. The summed E-state index contributed by atoms with van der Waals surface area (Å²) in [5.74, 6) is -3.22. The van der Waals surface area contributed by atoms with E-state index in [4.69, 9.17) is 0 Å². The fourth-order valence-corrected chi connectivity index (χ4v) is 4.25. The molecule has 1 aliphatic carbocycles. The molecule has 0 bridgehead atoms. The number of carbonyl (C=O) groups excluding carboxylic acids is 1. The van der Waals surface area contributed by atoms with Crippen molar-refractivity contribution >= 4 is 17.7 Å². The number of amides is 1. The molecule has 11 heteroatoms. The molecule has 4 rings (SSSR count). The maximum absolute atomic E-state index is 14.2. The van der Waals surface area contributed by atoms with Crippen LogP contribution in [-0.2, 0) is 0 Å². The number of para-hydroxylation sites is 1. The zero-order chi connectivity index (χ0) is 23.9. The van der Waals surface area contributed by atoms with Gasteiger partial charge in [0.15, 0.2) is 11.6 Å². The number of carbonyl (C=O) groups is 2. The molecule has 1 fully saturated rings. The van der Waals surface area contributed by atoms with Crippen LogP contribution in [0.1, 0.15) is 47.2 Å². The van der Waals surface area contributed by atoms with Crippen molar-refractivity contribution < 1.29 is 23.5 Å². The summed E-state index contributed by atoms with van der Waals surface area (Å²) in [6, 6.07) is 4.93. The first kappa shape index (κ1) is 22.3. The van der Waals surface area contributed by atoms with E-state index in [2.05, 4.69) is 10.4 Å². The van der Waals surface area contributed by atoms with Crippen molar-refractivity contribution in [2.75, 3.05) is 4.90 Å². The largest absolute Gasteiger partial charge is 0.478 e. The molecule has 0 atom stereocenters. The van der Waals surface area contributed by atoms with Crippen LogP contribution in [0.2, 0.25) is 0 Å². The van der Waals surface area contributed by atoms with Gasteiger partial charge in [-0.1, -0.05) is 25.0 Å². The van der Waals surface area contributed by atoms with Gasteiger partial charge in [-0.05, 0) is 66.4 Å². The summed E-state index contributed by atoms with van der Waals surface area (Å²) >= 11 is 0. The maximum Gasteiger partial charge on any atom is 0.377 e. The summed E-state index contributed by atoms with van der Waals surface area (Å²) in [6.07, 6.45) is 3.00. The van der Waals surface area contributed by atoms with Crippen molar-refractivity contribution in [3.63, 3.8) is 0 Å². The van der Waals surface area contributed by atoms with Crippen LogP contribution in [0.4, 0.5) is 19.3 Å². The van der Waals surface area contributed by atoms with E-state index in [0.717, 1.165) is 31.0 Å². The molecule has 33 heavy (non-hydrogen) atoms. The van der Waals surface area contributed by atoms with E-state index in [1.807, 2.05) is 0 Å². The lowest BCUT2D eigenvalue weighted by atomic mass is 10.0. The number of aromatic nitrogens is 4. The normalized spacial score (nSPS) is 13.9. The van der Waals surface area contributed by atoms with E-state index in [-0.39, 0.29) is 11.6 Å². The number of halogens is 2. The van der Waals surface area contributed by atoms with E-state index >= 15 is 0 Å². The molecule has 0 unspecified atom stereocenters. The first-order valence-corrected chi connectivity index (χ1v) is 10.4. The average Bonchev–Trinajstić information content (AvgIpc) is 3.40.